The summed E-state index contributed by atoms with van der Waals surface area (Å²) in [5, 5.41) is 5.44. The number of thiazole rings is 1. The quantitative estimate of drug-likeness (QED) is 0.649. The summed E-state index contributed by atoms with van der Waals surface area (Å²) < 4.78 is 5.54. The number of carbonyl (C=O) groups excluding carboxylic acids is 1. The van der Waals surface area contributed by atoms with E-state index in [1.807, 2.05) is 35.7 Å². The van der Waals surface area contributed by atoms with Crippen LogP contribution < -0.4 is 11.1 Å². The third-order valence-electron chi connectivity index (χ3n) is 3.98. The SMILES string of the molecule is Nc1nc(CCNC(=O)CC(Cc2ccccc2)c2ccco2)cs1. The van der Waals surface area contributed by atoms with E-state index in [-0.39, 0.29) is 11.8 Å². The number of furan rings is 1. The Bertz CT molecular complexity index is 784. The summed E-state index contributed by atoms with van der Waals surface area (Å²) in [6, 6.07) is 13.9. The normalized spacial score (nSPS) is 12.0. The number of nitrogens with two attached hydrogens (primary N) is 1. The molecule has 0 saturated heterocycles. The predicted molar refractivity (Wildman–Crippen MR) is 99.5 cm³/mol. The summed E-state index contributed by atoms with van der Waals surface area (Å²) in [5.41, 5.74) is 7.71. The van der Waals surface area contributed by atoms with E-state index in [0.717, 1.165) is 17.9 Å². The van der Waals surface area contributed by atoms with Gasteiger partial charge in [-0.3, -0.25) is 4.79 Å². The fraction of sp³-hybridized carbons (Fsp3) is 0.263. The van der Waals surface area contributed by atoms with Crippen LogP contribution in [0.5, 0.6) is 0 Å². The molecule has 130 valence electrons. The van der Waals surface area contributed by atoms with Crippen LogP contribution in [0.4, 0.5) is 5.13 Å². The lowest BCUT2D eigenvalue weighted by Crippen LogP contribution is -2.27. The lowest BCUT2D eigenvalue weighted by atomic mass is 9.93. The number of benzene rings is 1. The van der Waals surface area contributed by atoms with Gasteiger partial charge < -0.3 is 15.5 Å². The van der Waals surface area contributed by atoms with Gasteiger partial charge in [-0.25, -0.2) is 4.98 Å². The maximum Gasteiger partial charge on any atom is 0.220 e. The summed E-state index contributed by atoms with van der Waals surface area (Å²) in [6.07, 6.45) is 3.49. The van der Waals surface area contributed by atoms with Gasteiger partial charge in [0.2, 0.25) is 5.91 Å². The van der Waals surface area contributed by atoms with E-state index in [4.69, 9.17) is 10.2 Å². The van der Waals surface area contributed by atoms with Gasteiger partial charge in [0.25, 0.3) is 0 Å². The third-order valence-corrected chi connectivity index (χ3v) is 4.70. The molecule has 6 heteroatoms. The summed E-state index contributed by atoms with van der Waals surface area (Å²) in [7, 11) is 0. The van der Waals surface area contributed by atoms with Gasteiger partial charge in [0.1, 0.15) is 5.76 Å². The molecule has 3 rings (SSSR count). The van der Waals surface area contributed by atoms with E-state index >= 15 is 0 Å². The van der Waals surface area contributed by atoms with Crippen molar-refractivity contribution in [3.63, 3.8) is 0 Å². The molecule has 3 N–H and O–H groups in total. The molecular formula is C19H21N3O2S. The minimum Gasteiger partial charge on any atom is -0.469 e. The van der Waals surface area contributed by atoms with Gasteiger partial charge in [0.05, 0.1) is 12.0 Å². The second-order valence-electron chi connectivity index (χ2n) is 5.88. The van der Waals surface area contributed by atoms with E-state index in [2.05, 4.69) is 22.4 Å². The molecule has 0 fully saturated rings. The van der Waals surface area contributed by atoms with Crippen LogP contribution in [0.1, 0.15) is 29.4 Å². The first-order chi connectivity index (χ1) is 12.2. The highest BCUT2D eigenvalue weighted by Gasteiger charge is 2.19. The third kappa shape index (κ3) is 5.19. The van der Waals surface area contributed by atoms with Crippen LogP contribution in [0.2, 0.25) is 0 Å². The summed E-state index contributed by atoms with van der Waals surface area (Å²) >= 11 is 1.41. The standard InChI is InChI=1S/C19H21N3O2S/c20-19-22-16(13-25-19)8-9-21-18(23)12-15(17-7-4-10-24-17)11-14-5-2-1-3-6-14/h1-7,10,13,15H,8-9,11-12H2,(H2,20,22)(H,21,23). The van der Waals surface area contributed by atoms with Gasteiger partial charge in [-0.15, -0.1) is 11.3 Å². The Morgan fingerprint density at radius 2 is 2.08 bits per heavy atom. The fourth-order valence-electron chi connectivity index (χ4n) is 2.76. The molecule has 0 aliphatic rings. The highest BCUT2D eigenvalue weighted by molar-refractivity contribution is 7.13. The molecule has 25 heavy (non-hydrogen) atoms. The topological polar surface area (TPSA) is 81.1 Å². The van der Waals surface area contributed by atoms with Crippen LogP contribution in [0.3, 0.4) is 0 Å². The first-order valence-corrected chi connectivity index (χ1v) is 9.12. The molecule has 1 amide bonds. The molecule has 2 heterocycles. The zero-order valence-electron chi connectivity index (χ0n) is 13.9. The van der Waals surface area contributed by atoms with E-state index in [1.165, 1.54) is 16.9 Å². The smallest absolute Gasteiger partial charge is 0.220 e. The molecule has 1 unspecified atom stereocenters. The molecular weight excluding hydrogens is 334 g/mol. The number of nitrogens with zero attached hydrogens (tertiary/aromatic N) is 1. The van der Waals surface area contributed by atoms with Crippen molar-refractivity contribution in [2.75, 3.05) is 12.3 Å². The van der Waals surface area contributed by atoms with E-state index in [9.17, 15) is 4.79 Å². The lowest BCUT2D eigenvalue weighted by molar-refractivity contribution is -0.121. The number of hydrogen-bond donors (Lipinski definition) is 2. The van der Waals surface area contributed by atoms with Crippen molar-refractivity contribution in [1.29, 1.82) is 0 Å². The number of amides is 1. The van der Waals surface area contributed by atoms with Crippen LogP contribution in [0, 0.1) is 0 Å². The molecule has 0 saturated carbocycles. The highest BCUT2D eigenvalue weighted by Crippen LogP contribution is 2.25. The Hall–Kier alpha value is -2.60. The predicted octanol–water partition coefficient (Wildman–Crippen LogP) is 3.39. The molecule has 0 bridgehead atoms. The molecule has 0 radical (unpaired) electrons. The van der Waals surface area contributed by atoms with Crippen LogP contribution in [-0.4, -0.2) is 17.4 Å². The number of anilines is 1. The van der Waals surface area contributed by atoms with Gasteiger partial charge in [0.15, 0.2) is 5.13 Å². The summed E-state index contributed by atoms with van der Waals surface area (Å²) in [6.45, 7) is 0.554. The summed E-state index contributed by atoms with van der Waals surface area (Å²) in [5.74, 6) is 0.874. The van der Waals surface area contributed by atoms with Crippen LogP contribution >= 0.6 is 11.3 Å². The second-order valence-corrected chi connectivity index (χ2v) is 6.77. The van der Waals surface area contributed by atoms with Crippen molar-refractivity contribution in [3.8, 4) is 0 Å². The zero-order chi connectivity index (χ0) is 17.5. The van der Waals surface area contributed by atoms with Crippen molar-refractivity contribution in [1.82, 2.24) is 10.3 Å². The van der Waals surface area contributed by atoms with Crippen molar-refractivity contribution < 1.29 is 9.21 Å². The number of nitrogen functional groups attached to an aromatic ring is 1. The number of rotatable bonds is 8. The summed E-state index contributed by atoms with van der Waals surface area (Å²) in [4.78, 5) is 16.5. The number of hydrogen-bond acceptors (Lipinski definition) is 5. The minimum atomic E-state index is 0.0144. The van der Waals surface area contributed by atoms with Gasteiger partial charge in [-0.05, 0) is 24.1 Å². The first kappa shape index (κ1) is 17.2. The molecule has 1 atom stereocenters. The Kier molecular flexibility index (Phi) is 5.85. The Morgan fingerprint density at radius 1 is 1.24 bits per heavy atom. The molecule has 2 aromatic heterocycles. The minimum absolute atomic E-state index is 0.0144. The Morgan fingerprint density at radius 3 is 2.76 bits per heavy atom. The van der Waals surface area contributed by atoms with Gasteiger partial charge >= 0.3 is 0 Å². The fourth-order valence-corrected chi connectivity index (χ4v) is 3.36. The maximum absolute atomic E-state index is 12.3. The Labute approximate surface area is 150 Å². The van der Waals surface area contributed by atoms with E-state index in [0.29, 0.717) is 24.5 Å². The molecule has 0 spiro atoms. The van der Waals surface area contributed by atoms with Crippen molar-refractivity contribution in [2.24, 2.45) is 0 Å². The number of aromatic nitrogens is 1. The number of nitrogens with one attached hydrogen (secondary N) is 1. The average Bonchev–Trinajstić information content (AvgIpc) is 3.27. The largest absolute Gasteiger partial charge is 0.469 e. The van der Waals surface area contributed by atoms with Crippen molar-refractivity contribution in [2.45, 2.75) is 25.2 Å². The van der Waals surface area contributed by atoms with E-state index < -0.39 is 0 Å². The van der Waals surface area contributed by atoms with E-state index in [1.54, 1.807) is 6.26 Å². The number of carbonyl (C=O) groups is 1. The van der Waals surface area contributed by atoms with Crippen LogP contribution in [-0.2, 0) is 17.6 Å². The highest BCUT2D eigenvalue weighted by atomic mass is 32.1. The van der Waals surface area contributed by atoms with Crippen LogP contribution in [0.25, 0.3) is 0 Å². The maximum atomic E-state index is 12.3. The van der Waals surface area contributed by atoms with Crippen molar-refractivity contribution in [3.05, 3.63) is 71.1 Å². The monoisotopic (exact) mass is 355 g/mol. The average molecular weight is 355 g/mol. The van der Waals surface area contributed by atoms with Gasteiger partial charge in [-0.1, -0.05) is 30.3 Å². The lowest BCUT2D eigenvalue weighted by Gasteiger charge is -2.14. The van der Waals surface area contributed by atoms with Gasteiger partial charge in [0, 0.05) is 30.7 Å². The van der Waals surface area contributed by atoms with Crippen LogP contribution in [0.15, 0.2) is 58.5 Å². The molecule has 0 aliphatic carbocycles. The zero-order valence-corrected chi connectivity index (χ0v) is 14.7. The molecule has 3 aromatic rings. The Balaban J connectivity index is 1.55. The molecule has 1 aromatic carbocycles. The molecule has 0 aliphatic heterocycles. The van der Waals surface area contributed by atoms with Crippen molar-refractivity contribution >= 4 is 22.4 Å². The van der Waals surface area contributed by atoms with Gasteiger partial charge in [-0.2, -0.15) is 0 Å². The first-order valence-electron chi connectivity index (χ1n) is 8.24. The second kappa shape index (κ2) is 8.48. The molecule has 5 nitrogen and oxygen atoms in total.